The summed E-state index contributed by atoms with van der Waals surface area (Å²) in [5, 5.41) is 0. The van der Waals surface area contributed by atoms with Gasteiger partial charge in [-0.15, -0.1) is 0 Å². The maximum absolute atomic E-state index is 13.3. The molecule has 16 heavy (non-hydrogen) atoms. The lowest BCUT2D eigenvalue weighted by molar-refractivity contribution is 0.286. The van der Waals surface area contributed by atoms with Gasteiger partial charge in [0, 0.05) is 17.3 Å². The van der Waals surface area contributed by atoms with E-state index >= 15 is 0 Å². The first-order valence-corrected chi connectivity index (χ1v) is 5.05. The molecule has 3 heteroatoms. The Labute approximate surface area is 93.7 Å². The molecule has 0 aliphatic heterocycles. The van der Waals surface area contributed by atoms with E-state index in [1.165, 1.54) is 6.07 Å². The van der Waals surface area contributed by atoms with Gasteiger partial charge in [-0.3, -0.25) is 0 Å². The molecule has 2 rings (SSSR count). The number of nitrogens with zero attached hydrogens (tertiary/aromatic N) is 1. The fraction of sp³-hybridized carbons (Fsp3) is 0.154. The fourth-order valence-electron chi connectivity index (χ4n) is 1.38. The monoisotopic (exact) mass is 217 g/mol. The molecule has 0 aliphatic carbocycles. The van der Waals surface area contributed by atoms with E-state index < -0.39 is 0 Å². The van der Waals surface area contributed by atoms with Gasteiger partial charge in [0.05, 0.1) is 0 Å². The first-order valence-electron chi connectivity index (χ1n) is 5.05. The highest BCUT2D eigenvalue weighted by Gasteiger charge is 2.03. The minimum Gasteiger partial charge on any atom is -0.472 e. The third-order valence-electron chi connectivity index (χ3n) is 2.28. The lowest BCUT2D eigenvalue weighted by Gasteiger charge is -2.07. The molecular formula is C13H12FNO. The van der Waals surface area contributed by atoms with Gasteiger partial charge < -0.3 is 4.74 Å². The van der Waals surface area contributed by atoms with Crippen molar-refractivity contribution in [1.82, 2.24) is 4.98 Å². The highest BCUT2D eigenvalue weighted by Crippen LogP contribution is 2.15. The topological polar surface area (TPSA) is 22.1 Å². The second kappa shape index (κ2) is 4.75. The Bertz CT molecular complexity index is 439. The number of hydrogen-bond acceptors (Lipinski definition) is 2. The summed E-state index contributed by atoms with van der Waals surface area (Å²) in [6.45, 7) is 2.11. The Morgan fingerprint density at radius 2 is 2.00 bits per heavy atom. The van der Waals surface area contributed by atoms with Gasteiger partial charge in [0.1, 0.15) is 12.4 Å². The van der Waals surface area contributed by atoms with Crippen molar-refractivity contribution in [3.8, 4) is 5.88 Å². The maximum atomic E-state index is 13.3. The molecule has 0 fully saturated rings. The largest absolute Gasteiger partial charge is 0.472 e. The van der Waals surface area contributed by atoms with Gasteiger partial charge in [-0.25, -0.2) is 9.37 Å². The molecule has 0 atom stereocenters. The van der Waals surface area contributed by atoms with Crippen LogP contribution in [-0.2, 0) is 6.61 Å². The van der Waals surface area contributed by atoms with Crippen LogP contribution in [0.25, 0.3) is 0 Å². The van der Waals surface area contributed by atoms with Gasteiger partial charge in [-0.05, 0) is 19.1 Å². The standard InChI is InChI=1S/C13H12FNO/c1-10-5-4-8-15-13(10)16-9-11-6-2-3-7-12(11)14/h2-8H,9H2,1H3. The molecule has 0 unspecified atom stereocenters. The summed E-state index contributed by atoms with van der Waals surface area (Å²) in [6, 6.07) is 10.3. The Morgan fingerprint density at radius 3 is 2.75 bits per heavy atom. The van der Waals surface area contributed by atoms with Crippen molar-refractivity contribution >= 4 is 0 Å². The van der Waals surface area contributed by atoms with Crippen LogP contribution in [0.1, 0.15) is 11.1 Å². The normalized spacial score (nSPS) is 10.1. The highest BCUT2D eigenvalue weighted by molar-refractivity contribution is 5.24. The van der Waals surface area contributed by atoms with Gasteiger partial charge in [0.25, 0.3) is 0 Å². The summed E-state index contributed by atoms with van der Waals surface area (Å²) in [5.74, 6) is 0.293. The second-order valence-corrected chi connectivity index (χ2v) is 3.51. The Hall–Kier alpha value is -1.90. The zero-order chi connectivity index (χ0) is 11.4. The number of halogens is 1. The predicted molar refractivity (Wildman–Crippen MR) is 59.7 cm³/mol. The van der Waals surface area contributed by atoms with E-state index in [1.54, 1.807) is 24.4 Å². The zero-order valence-electron chi connectivity index (χ0n) is 8.98. The first-order chi connectivity index (χ1) is 7.77. The molecule has 0 saturated carbocycles. The molecule has 0 saturated heterocycles. The van der Waals surface area contributed by atoms with Crippen LogP contribution >= 0.6 is 0 Å². The third kappa shape index (κ3) is 2.37. The zero-order valence-corrected chi connectivity index (χ0v) is 8.98. The SMILES string of the molecule is Cc1cccnc1OCc1ccccc1F. The summed E-state index contributed by atoms with van der Waals surface area (Å²) in [5.41, 5.74) is 1.48. The van der Waals surface area contributed by atoms with E-state index in [0.29, 0.717) is 11.4 Å². The molecule has 1 heterocycles. The lowest BCUT2D eigenvalue weighted by atomic mass is 10.2. The van der Waals surface area contributed by atoms with Crippen LogP contribution < -0.4 is 4.74 Å². The van der Waals surface area contributed by atoms with Crippen LogP contribution in [0, 0.1) is 12.7 Å². The number of ether oxygens (including phenoxy) is 1. The highest BCUT2D eigenvalue weighted by atomic mass is 19.1. The fourth-order valence-corrected chi connectivity index (χ4v) is 1.38. The molecule has 82 valence electrons. The van der Waals surface area contributed by atoms with Crippen LogP contribution in [0.5, 0.6) is 5.88 Å². The van der Waals surface area contributed by atoms with E-state index in [2.05, 4.69) is 4.98 Å². The molecule has 2 aromatic rings. The summed E-state index contributed by atoms with van der Waals surface area (Å²) in [6.07, 6.45) is 1.66. The second-order valence-electron chi connectivity index (χ2n) is 3.51. The number of aromatic nitrogens is 1. The summed E-state index contributed by atoms with van der Waals surface area (Å²) >= 11 is 0. The van der Waals surface area contributed by atoms with E-state index in [-0.39, 0.29) is 12.4 Å². The van der Waals surface area contributed by atoms with Gasteiger partial charge in [-0.2, -0.15) is 0 Å². The third-order valence-corrected chi connectivity index (χ3v) is 2.28. The molecule has 2 nitrogen and oxygen atoms in total. The number of rotatable bonds is 3. The van der Waals surface area contributed by atoms with Crippen molar-refractivity contribution < 1.29 is 9.13 Å². The van der Waals surface area contributed by atoms with Gasteiger partial charge >= 0.3 is 0 Å². The molecule has 0 bridgehead atoms. The van der Waals surface area contributed by atoms with Crippen molar-refractivity contribution in [2.24, 2.45) is 0 Å². The number of aryl methyl sites for hydroxylation is 1. The predicted octanol–water partition coefficient (Wildman–Crippen LogP) is 3.11. The van der Waals surface area contributed by atoms with E-state index in [4.69, 9.17) is 4.74 Å². The van der Waals surface area contributed by atoms with Crippen molar-refractivity contribution in [2.75, 3.05) is 0 Å². The number of benzene rings is 1. The van der Waals surface area contributed by atoms with Crippen molar-refractivity contribution in [2.45, 2.75) is 13.5 Å². The minimum absolute atomic E-state index is 0.199. The average molecular weight is 217 g/mol. The van der Waals surface area contributed by atoms with E-state index in [1.807, 2.05) is 19.1 Å². The van der Waals surface area contributed by atoms with Crippen LogP contribution in [-0.4, -0.2) is 4.98 Å². The summed E-state index contributed by atoms with van der Waals surface area (Å²) in [4.78, 5) is 4.08. The van der Waals surface area contributed by atoms with E-state index in [9.17, 15) is 4.39 Å². The smallest absolute Gasteiger partial charge is 0.216 e. The molecule has 1 aromatic heterocycles. The number of pyridine rings is 1. The van der Waals surface area contributed by atoms with Gasteiger partial charge in [0.15, 0.2) is 0 Å². The molecule has 0 radical (unpaired) electrons. The average Bonchev–Trinajstić information content (AvgIpc) is 2.30. The van der Waals surface area contributed by atoms with Crippen molar-refractivity contribution in [1.29, 1.82) is 0 Å². The van der Waals surface area contributed by atoms with E-state index in [0.717, 1.165) is 5.56 Å². The van der Waals surface area contributed by atoms with Crippen LogP contribution in [0.15, 0.2) is 42.6 Å². The van der Waals surface area contributed by atoms with Crippen molar-refractivity contribution in [3.05, 3.63) is 59.5 Å². The Balaban J connectivity index is 2.09. The Morgan fingerprint density at radius 1 is 1.19 bits per heavy atom. The molecule has 1 aromatic carbocycles. The maximum Gasteiger partial charge on any atom is 0.216 e. The molecule has 0 aliphatic rings. The minimum atomic E-state index is -0.254. The van der Waals surface area contributed by atoms with Gasteiger partial charge in [-0.1, -0.05) is 24.3 Å². The van der Waals surface area contributed by atoms with Crippen molar-refractivity contribution in [3.63, 3.8) is 0 Å². The van der Waals surface area contributed by atoms with Gasteiger partial charge in [0.2, 0.25) is 5.88 Å². The molecule has 0 N–H and O–H groups in total. The molecular weight excluding hydrogens is 205 g/mol. The van der Waals surface area contributed by atoms with Crippen LogP contribution in [0.2, 0.25) is 0 Å². The Kier molecular flexibility index (Phi) is 3.15. The first kappa shape index (κ1) is 10.6. The van der Waals surface area contributed by atoms with Crippen LogP contribution in [0.3, 0.4) is 0 Å². The number of hydrogen-bond donors (Lipinski definition) is 0. The lowest BCUT2D eigenvalue weighted by Crippen LogP contribution is -2.00. The quantitative estimate of drug-likeness (QED) is 0.788. The molecule has 0 spiro atoms. The van der Waals surface area contributed by atoms with Crippen LogP contribution in [0.4, 0.5) is 4.39 Å². The summed E-state index contributed by atoms with van der Waals surface area (Å²) in [7, 11) is 0. The summed E-state index contributed by atoms with van der Waals surface area (Å²) < 4.78 is 18.7. The molecule has 0 amide bonds.